The fraction of sp³-hybridized carbons (Fsp3) is 0.222. The lowest BCUT2D eigenvalue weighted by atomic mass is 10.2. The zero-order valence-corrected chi connectivity index (χ0v) is 16.1. The van der Waals surface area contributed by atoms with Crippen molar-refractivity contribution in [3.63, 3.8) is 0 Å². The minimum atomic E-state index is -3.68. The molecule has 0 unspecified atom stereocenters. The molecule has 2 N–H and O–H groups in total. The molecular formula is C18H16ClFN4O3S. The molecule has 7 nitrogen and oxygen atoms in total. The van der Waals surface area contributed by atoms with Crippen LogP contribution < -0.4 is 10.4 Å². The zero-order chi connectivity index (χ0) is 19.9. The minimum Gasteiger partial charge on any atom is -0.288 e. The molecule has 2 aromatic carbocycles. The van der Waals surface area contributed by atoms with Crippen LogP contribution in [0.15, 0.2) is 52.2 Å². The highest BCUT2D eigenvalue weighted by Gasteiger charge is 2.28. The number of alkyl halides is 1. The van der Waals surface area contributed by atoms with Gasteiger partial charge in [-0.1, -0.05) is 23.7 Å². The molecule has 0 atom stereocenters. The van der Waals surface area contributed by atoms with Gasteiger partial charge in [-0.25, -0.2) is 22.3 Å². The molecule has 1 heterocycles. The van der Waals surface area contributed by atoms with Crippen LogP contribution in [0.2, 0.25) is 5.02 Å². The molecule has 0 saturated heterocycles. The second-order valence-corrected chi connectivity index (χ2v) is 8.65. The molecule has 4 rings (SSSR count). The van der Waals surface area contributed by atoms with Crippen LogP contribution >= 0.6 is 11.6 Å². The van der Waals surface area contributed by atoms with Crippen LogP contribution in [-0.2, 0) is 16.7 Å². The van der Waals surface area contributed by atoms with Crippen LogP contribution in [0.4, 0.5) is 4.39 Å². The summed E-state index contributed by atoms with van der Waals surface area (Å²) in [6, 6.07) is 10.5. The highest BCUT2D eigenvalue weighted by molar-refractivity contribution is 7.89. The Bertz CT molecular complexity index is 1180. The Morgan fingerprint density at radius 1 is 1.21 bits per heavy atom. The van der Waals surface area contributed by atoms with Gasteiger partial charge in [0.2, 0.25) is 10.0 Å². The SMILES string of the molecule is O=c1[nH]c(-c2cc(S(=O)(=O)NC3CC3)ccc2Cl)nn1-c1ccc(CF)cc1. The Hall–Kier alpha value is -2.49. The Labute approximate surface area is 165 Å². The highest BCUT2D eigenvalue weighted by Crippen LogP contribution is 2.29. The van der Waals surface area contributed by atoms with Crippen molar-refractivity contribution < 1.29 is 12.8 Å². The molecule has 1 saturated carbocycles. The number of rotatable bonds is 6. The van der Waals surface area contributed by atoms with Gasteiger partial charge < -0.3 is 0 Å². The van der Waals surface area contributed by atoms with Crippen molar-refractivity contribution in [2.24, 2.45) is 0 Å². The molecule has 28 heavy (non-hydrogen) atoms. The number of hydrogen-bond donors (Lipinski definition) is 2. The van der Waals surface area contributed by atoms with Gasteiger partial charge in [0.05, 0.1) is 15.6 Å². The van der Waals surface area contributed by atoms with E-state index in [2.05, 4.69) is 14.8 Å². The third-order valence-corrected chi connectivity index (χ3v) is 6.20. The molecule has 146 valence electrons. The Morgan fingerprint density at radius 2 is 1.93 bits per heavy atom. The third kappa shape index (κ3) is 3.73. The van der Waals surface area contributed by atoms with E-state index < -0.39 is 22.4 Å². The van der Waals surface area contributed by atoms with E-state index in [9.17, 15) is 17.6 Å². The standard InChI is InChI=1S/C18H16ClFN4O3S/c19-16-8-7-14(28(26,27)23-12-3-4-12)9-15(16)17-21-18(25)24(22-17)13-5-1-11(10-20)2-6-13/h1-2,5-9,12,23H,3-4,10H2,(H,21,22,25). The maximum atomic E-state index is 12.7. The maximum absolute atomic E-state index is 12.7. The molecule has 1 aliphatic carbocycles. The van der Waals surface area contributed by atoms with Crippen molar-refractivity contribution in [2.75, 3.05) is 0 Å². The number of aromatic nitrogens is 3. The van der Waals surface area contributed by atoms with E-state index in [0.29, 0.717) is 11.3 Å². The zero-order valence-electron chi connectivity index (χ0n) is 14.5. The Morgan fingerprint density at radius 3 is 2.57 bits per heavy atom. The quantitative estimate of drug-likeness (QED) is 0.638. The Balaban J connectivity index is 1.73. The number of H-pyrrole nitrogens is 1. The first-order chi connectivity index (χ1) is 13.4. The maximum Gasteiger partial charge on any atom is 0.348 e. The summed E-state index contributed by atoms with van der Waals surface area (Å²) in [6.07, 6.45) is 1.64. The number of halogens is 2. The van der Waals surface area contributed by atoms with Crippen LogP contribution in [0.3, 0.4) is 0 Å². The van der Waals surface area contributed by atoms with Gasteiger partial charge >= 0.3 is 5.69 Å². The van der Waals surface area contributed by atoms with Crippen molar-refractivity contribution in [2.45, 2.75) is 30.5 Å². The monoisotopic (exact) mass is 422 g/mol. The van der Waals surface area contributed by atoms with E-state index in [-0.39, 0.29) is 27.3 Å². The lowest BCUT2D eigenvalue weighted by Gasteiger charge is -2.08. The molecule has 0 amide bonds. The summed E-state index contributed by atoms with van der Waals surface area (Å²) >= 11 is 6.22. The second kappa shape index (κ2) is 7.16. The third-order valence-electron chi connectivity index (χ3n) is 4.36. The summed E-state index contributed by atoms with van der Waals surface area (Å²) in [5.74, 6) is 0.132. The number of benzene rings is 2. The van der Waals surface area contributed by atoms with Gasteiger partial charge in [0, 0.05) is 11.6 Å². The van der Waals surface area contributed by atoms with Crippen molar-refractivity contribution in [3.8, 4) is 17.1 Å². The first-order valence-corrected chi connectivity index (χ1v) is 10.4. The van der Waals surface area contributed by atoms with Gasteiger partial charge in [0.25, 0.3) is 0 Å². The number of aromatic amines is 1. The van der Waals surface area contributed by atoms with E-state index in [4.69, 9.17) is 11.6 Å². The normalized spacial score (nSPS) is 14.4. The summed E-state index contributed by atoms with van der Waals surface area (Å²) in [5, 5.41) is 4.47. The molecule has 1 aromatic heterocycles. The topological polar surface area (TPSA) is 96.8 Å². The molecule has 0 aliphatic heterocycles. The lowest BCUT2D eigenvalue weighted by Crippen LogP contribution is -2.25. The van der Waals surface area contributed by atoms with Gasteiger partial charge in [-0.2, -0.15) is 4.68 Å². The molecule has 0 bridgehead atoms. The van der Waals surface area contributed by atoms with Crippen molar-refractivity contribution in [3.05, 3.63) is 63.5 Å². The van der Waals surface area contributed by atoms with Crippen LogP contribution in [0, 0.1) is 0 Å². The number of hydrogen-bond acceptors (Lipinski definition) is 4. The van der Waals surface area contributed by atoms with Gasteiger partial charge in [0.15, 0.2) is 5.82 Å². The first-order valence-electron chi connectivity index (χ1n) is 8.54. The highest BCUT2D eigenvalue weighted by atomic mass is 35.5. The summed E-state index contributed by atoms with van der Waals surface area (Å²) < 4.78 is 41.3. The molecule has 0 spiro atoms. The molecule has 3 aromatic rings. The predicted molar refractivity (Wildman–Crippen MR) is 103 cm³/mol. The summed E-state index contributed by atoms with van der Waals surface area (Å²) in [6.45, 7) is -0.604. The van der Waals surface area contributed by atoms with E-state index >= 15 is 0 Å². The molecular weight excluding hydrogens is 407 g/mol. The van der Waals surface area contributed by atoms with Crippen LogP contribution in [0.25, 0.3) is 17.1 Å². The van der Waals surface area contributed by atoms with Gasteiger partial charge in [-0.05, 0) is 48.7 Å². The number of nitrogens with one attached hydrogen (secondary N) is 2. The molecule has 10 heteroatoms. The van der Waals surface area contributed by atoms with Crippen molar-refractivity contribution in [1.82, 2.24) is 19.5 Å². The smallest absolute Gasteiger partial charge is 0.288 e. The number of nitrogens with zero attached hydrogens (tertiary/aromatic N) is 2. The fourth-order valence-corrected chi connectivity index (χ4v) is 4.23. The minimum absolute atomic E-state index is 0.0320. The van der Waals surface area contributed by atoms with E-state index in [1.165, 1.54) is 18.2 Å². The van der Waals surface area contributed by atoms with Gasteiger partial charge in [0.1, 0.15) is 6.67 Å². The van der Waals surface area contributed by atoms with Crippen LogP contribution in [-0.4, -0.2) is 29.2 Å². The summed E-state index contributed by atoms with van der Waals surface area (Å²) in [4.78, 5) is 14.9. The molecule has 1 aliphatic rings. The second-order valence-electron chi connectivity index (χ2n) is 6.53. The van der Waals surface area contributed by atoms with Gasteiger partial charge in [-0.3, -0.25) is 4.98 Å². The van der Waals surface area contributed by atoms with E-state index in [1.54, 1.807) is 24.3 Å². The van der Waals surface area contributed by atoms with Crippen LogP contribution in [0.5, 0.6) is 0 Å². The average molecular weight is 423 g/mol. The van der Waals surface area contributed by atoms with Gasteiger partial charge in [-0.15, -0.1) is 5.10 Å². The predicted octanol–water partition coefficient (Wildman–Crippen LogP) is 2.79. The van der Waals surface area contributed by atoms with E-state index in [1.807, 2.05) is 0 Å². The molecule has 0 radical (unpaired) electrons. The summed E-state index contributed by atoms with van der Waals surface area (Å²) in [5.41, 5.74) is 0.691. The van der Waals surface area contributed by atoms with Crippen molar-refractivity contribution in [1.29, 1.82) is 0 Å². The first kappa shape index (κ1) is 18.9. The largest absolute Gasteiger partial charge is 0.348 e. The average Bonchev–Trinajstić information content (AvgIpc) is 3.40. The number of sulfonamides is 1. The molecule has 1 fully saturated rings. The lowest BCUT2D eigenvalue weighted by molar-refractivity contribution is 0.485. The Kier molecular flexibility index (Phi) is 4.82. The van der Waals surface area contributed by atoms with Crippen molar-refractivity contribution >= 4 is 21.6 Å². The van der Waals surface area contributed by atoms with E-state index in [0.717, 1.165) is 17.5 Å². The van der Waals surface area contributed by atoms with Crippen LogP contribution in [0.1, 0.15) is 18.4 Å². The summed E-state index contributed by atoms with van der Waals surface area (Å²) in [7, 11) is -3.68. The fourth-order valence-electron chi connectivity index (χ4n) is 2.69.